The molecule has 5 nitrogen and oxygen atoms in total. The van der Waals surface area contributed by atoms with Crippen LogP contribution in [-0.4, -0.2) is 18.4 Å². The Bertz CT molecular complexity index is 1030. The Balaban J connectivity index is 1.61. The average Bonchev–Trinajstić information content (AvgIpc) is 2.75. The summed E-state index contributed by atoms with van der Waals surface area (Å²) >= 11 is 6.16. The van der Waals surface area contributed by atoms with Crippen LogP contribution in [0.5, 0.6) is 5.75 Å². The summed E-state index contributed by atoms with van der Waals surface area (Å²) in [5.74, 6) is -0.0540. The minimum absolute atomic E-state index is 0.180. The van der Waals surface area contributed by atoms with Gasteiger partial charge in [-0.1, -0.05) is 54.1 Å². The van der Waals surface area contributed by atoms with E-state index in [0.717, 1.165) is 16.7 Å². The van der Waals surface area contributed by atoms with E-state index in [-0.39, 0.29) is 18.4 Å². The Morgan fingerprint density at radius 2 is 1.57 bits per heavy atom. The molecule has 0 unspecified atom stereocenters. The van der Waals surface area contributed by atoms with E-state index < -0.39 is 0 Å². The number of rotatable bonds is 7. The first kappa shape index (κ1) is 21.4. The van der Waals surface area contributed by atoms with Gasteiger partial charge in [0, 0.05) is 11.6 Å². The Hall–Kier alpha value is -3.31. The van der Waals surface area contributed by atoms with Crippen LogP contribution in [0.4, 0.5) is 5.69 Å². The quantitative estimate of drug-likeness (QED) is 0.568. The SMILES string of the molecule is Cc1cc(OCC(=O)Nc2ccccc2C(=O)NCc2ccccc2)cc(C)c1Cl. The maximum Gasteiger partial charge on any atom is 0.262 e. The van der Waals surface area contributed by atoms with Crippen molar-refractivity contribution >= 4 is 29.1 Å². The lowest BCUT2D eigenvalue weighted by Crippen LogP contribution is -2.26. The van der Waals surface area contributed by atoms with Crippen LogP contribution < -0.4 is 15.4 Å². The Kier molecular flexibility index (Phi) is 7.09. The van der Waals surface area contributed by atoms with Gasteiger partial charge in [-0.3, -0.25) is 9.59 Å². The molecule has 0 bridgehead atoms. The molecule has 0 aromatic heterocycles. The summed E-state index contributed by atoms with van der Waals surface area (Å²) in [5, 5.41) is 6.30. The number of hydrogen-bond donors (Lipinski definition) is 2. The van der Waals surface area contributed by atoms with Gasteiger partial charge in [0.15, 0.2) is 6.61 Å². The van der Waals surface area contributed by atoms with Crippen LogP contribution in [0.15, 0.2) is 66.7 Å². The molecule has 30 heavy (non-hydrogen) atoms. The molecule has 2 N–H and O–H groups in total. The largest absolute Gasteiger partial charge is 0.484 e. The van der Waals surface area contributed by atoms with Crippen molar-refractivity contribution in [2.75, 3.05) is 11.9 Å². The molecule has 154 valence electrons. The van der Waals surface area contributed by atoms with E-state index in [1.54, 1.807) is 36.4 Å². The molecule has 0 aliphatic carbocycles. The Labute approximate surface area is 181 Å². The van der Waals surface area contributed by atoms with Crippen LogP contribution in [-0.2, 0) is 11.3 Å². The fraction of sp³-hybridized carbons (Fsp3) is 0.167. The maximum atomic E-state index is 12.6. The second-order valence-electron chi connectivity index (χ2n) is 6.92. The van der Waals surface area contributed by atoms with Crippen molar-refractivity contribution in [1.82, 2.24) is 5.32 Å². The smallest absolute Gasteiger partial charge is 0.262 e. The topological polar surface area (TPSA) is 67.4 Å². The highest BCUT2D eigenvalue weighted by atomic mass is 35.5. The highest BCUT2D eigenvalue weighted by Gasteiger charge is 2.14. The van der Waals surface area contributed by atoms with Crippen molar-refractivity contribution in [3.05, 3.63) is 94.0 Å². The number of aryl methyl sites for hydroxylation is 2. The van der Waals surface area contributed by atoms with Crippen molar-refractivity contribution < 1.29 is 14.3 Å². The highest BCUT2D eigenvalue weighted by molar-refractivity contribution is 6.32. The molecular formula is C24H23ClN2O3. The molecule has 3 aromatic rings. The average molecular weight is 423 g/mol. The number of halogens is 1. The lowest BCUT2D eigenvalue weighted by atomic mass is 10.1. The zero-order valence-electron chi connectivity index (χ0n) is 16.9. The first-order valence-corrected chi connectivity index (χ1v) is 9.92. The summed E-state index contributed by atoms with van der Waals surface area (Å²) in [7, 11) is 0. The number of anilines is 1. The normalized spacial score (nSPS) is 10.4. The van der Waals surface area contributed by atoms with Gasteiger partial charge >= 0.3 is 0 Å². The highest BCUT2D eigenvalue weighted by Crippen LogP contribution is 2.26. The van der Waals surface area contributed by atoms with E-state index in [2.05, 4.69) is 10.6 Å². The van der Waals surface area contributed by atoms with E-state index in [9.17, 15) is 9.59 Å². The molecule has 0 aliphatic heterocycles. The van der Waals surface area contributed by atoms with Crippen LogP contribution in [0.2, 0.25) is 5.02 Å². The first-order valence-electron chi connectivity index (χ1n) is 9.54. The van der Waals surface area contributed by atoms with Gasteiger partial charge in [-0.2, -0.15) is 0 Å². The molecule has 2 amide bonds. The van der Waals surface area contributed by atoms with Gasteiger partial charge in [0.1, 0.15) is 5.75 Å². The van der Waals surface area contributed by atoms with Crippen LogP contribution in [0.1, 0.15) is 27.0 Å². The summed E-state index contributed by atoms with van der Waals surface area (Å²) in [6.45, 7) is 3.99. The zero-order chi connectivity index (χ0) is 21.5. The van der Waals surface area contributed by atoms with Gasteiger partial charge in [-0.15, -0.1) is 0 Å². The molecule has 0 spiro atoms. The van der Waals surface area contributed by atoms with E-state index in [1.807, 2.05) is 44.2 Å². The predicted octanol–water partition coefficient (Wildman–Crippen LogP) is 4.90. The van der Waals surface area contributed by atoms with Gasteiger partial charge < -0.3 is 15.4 Å². The van der Waals surface area contributed by atoms with Gasteiger partial charge in [0.25, 0.3) is 11.8 Å². The molecule has 3 rings (SSSR count). The summed E-state index contributed by atoms with van der Waals surface area (Å²) in [4.78, 5) is 25.0. The molecule has 0 radical (unpaired) electrons. The Morgan fingerprint density at radius 1 is 0.933 bits per heavy atom. The molecule has 0 heterocycles. The molecule has 6 heteroatoms. The number of para-hydroxylation sites is 1. The summed E-state index contributed by atoms with van der Waals surface area (Å²) < 4.78 is 5.59. The van der Waals surface area contributed by atoms with E-state index in [0.29, 0.717) is 28.6 Å². The second kappa shape index (κ2) is 9.94. The standard InChI is InChI=1S/C24H23ClN2O3/c1-16-12-19(13-17(2)23(16)25)30-15-22(28)27-21-11-7-6-10-20(21)24(29)26-14-18-8-4-3-5-9-18/h3-13H,14-15H2,1-2H3,(H,26,29)(H,27,28). The molecule has 0 saturated carbocycles. The predicted molar refractivity (Wildman–Crippen MR) is 119 cm³/mol. The Morgan fingerprint density at radius 3 is 2.27 bits per heavy atom. The third kappa shape index (κ3) is 5.61. The van der Waals surface area contributed by atoms with Crippen LogP contribution in [0.25, 0.3) is 0 Å². The summed E-state index contributed by atoms with van der Waals surface area (Å²) in [6.07, 6.45) is 0. The fourth-order valence-corrected chi connectivity index (χ4v) is 3.10. The summed E-state index contributed by atoms with van der Waals surface area (Å²) in [5.41, 5.74) is 3.58. The number of amides is 2. The number of hydrogen-bond acceptors (Lipinski definition) is 3. The third-order valence-corrected chi connectivity index (χ3v) is 5.12. The lowest BCUT2D eigenvalue weighted by Gasteiger charge is -2.13. The molecule has 0 atom stereocenters. The third-order valence-electron chi connectivity index (χ3n) is 4.52. The number of carbonyl (C=O) groups excluding carboxylic acids is 2. The summed E-state index contributed by atoms with van der Waals surface area (Å²) in [6, 6.07) is 20.1. The minimum Gasteiger partial charge on any atom is -0.484 e. The zero-order valence-corrected chi connectivity index (χ0v) is 17.6. The molecular weight excluding hydrogens is 400 g/mol. The fourth-order valence-electron chi connectivity index (χ4n) is 2.99. The van der Waals surface area contributed by atoms with Gasteiger partial charge in [0.2, 0.25) is 0 Å². The number of carbonyl (C=O) groups is 2. The van der Waals surface area contributed by atoms with Gasteiger partial charge in [-0.25, -0.2) is 0 Å². The van der Waals surface area contributed by atoms with Crippen LogP contribution >= 0.6 is 11.6 Å². The van der Waals surface area contributed by atoms with Crippen molar-refractivity contribution in [2.24, 2.45) is 0 Å². The monoisotopic (exact) mass is 422 g/mol. The van der Waals surface area contributed by atoms with Crippen LogP contribution in [0.3, 0.4) is 0 Å². The van der Waals surface area contributed by atoms with E-state index >= 15 is 0 Å². The lowest BCUT2D eigenvalue weighted by molar-refractivity contribution is -0.118. The number of benzene rings is 3. The van der Waals surface area contributed by atoms with Crippen molar-refractivity contribution in [3.8, 4) is 5.75 Å². The number of nitrogens with one attached hydrogen (secondary N) is 2. The van der Waals surface area contributed by atoms with Crippen molar-refractivity contribution in [3.63, 3.8) is 0 Å². The van der Waals surface area contributed by atoms with Crippen molar-refractivity contribution in [2.45, 2.75) is 20.4 Å². The second-order valence-corrected chi connectivity index (χ2v) is 7.30. The molecule has 3 aromatic carbocycles. The molecule has 0 saturated heterocycles. The first-order chi connectivity index (χ1) is 14.4. The van der Waals surface area contributed by atoms with E-state index in [1.165, 1.54) is 0 Å². The van der Waals surface area contributed by atoms with E-state index in [4.69, 9.17) is 16.3 Å². The van der Waals surface area contributed by atoms with Crippen LogP contribution in [0, 0.1) is 13.8 Å². The maximum absolute atomic E-state index is 12.6. The van der Waals surface area contributed by atoms with Crippen molar-refractivity contribution in [1.29, 1.82) is 0 Å². The minimum atomic E-state index is -0.358. The van der Waals surface area contributed by atoms with Gasteiger partial charge in [-0.05, 0) is 54.8 Å². The molecule has 0 fully saturated rings. The molecule has 0 aliphatic rings. The van der Waals surface area contributed by atoms with Gasteiger partial charge in [0.05, 0.1) is 11.3 Å². The number of ether oxygens (including phenoxy) is 1.